The second kappa shape index (κ2) is 9.19. The van der Waals surface area contributed by atoms with Crippen molar-refractivity contribution < 1.29 is 23.8 Å². The molecule has 172 valence electrons. The van der Waals surface area contributed by atoms with E-state index in [9.17, 15) is 9.59 Å². The van der Waals surface area contributed by atoms with Gasteiger partial charge in [-0.1, -0.05) is 25.5 Å². The molecule has 0 bridgehead atoms. The quantitative estimate of drug-likeness (QED) is 0.457. The fourth-order valence-electron chi connectivity index (χ4n) is 6.34. The first-order valence-electron chi connectivity index (χ1n) is 11.4. The third-order valence-electron chi connectivity index (χ3n) is 8.15. The standard InChI is InChI=1S/C25H37NO5/c1-16-7-10-21-24(3,12-6-13-25(21,4)23(29)30-5)19(16)9-8-18-11-14-31-20(18)15-26-17(2)22(27)28/h11,14,17,19,21,26H,1,6-10,12-13,15H2,2-5H3,(H,27,28)/t17-,19-,21+,24-,25+/m1/s1. The molecule has 0 aromatic carbocycles. The lowest BCUT2D eigenvalue weighted by molar-refractivity contribution is -0.168. The summed E-state index contributed by atoms with van der Waals surface area (Å²) in [5.74, 6) is 0.462. The Balaban J connectivity index is 1.75. The molecule has 1 aromatic rings. The molecule has 1 aromatic heterocycles. The number of carbonyl (C=O) groups excluding carboxylic acids is 1. The topological polar surface area (TPSA) is 88.8 Å². The summed E-state index contributed by atoms with van der Waals surface area (Å²) in [7, 11) is 1.50. The van der Waals surface area contributed by atoms with E-state index in [-0.39, 0.29) is 11.4 Å². The van der Waals surface area contributed by atoms with Gasteiger partial charge in [-0.3, -0.25) is 14.9 Å². The van der Waals surface area contributed by atoms with E-state index in [0.29, 0.717) is 18.4 Å². The molecule has 1 heterocycles. The number of hydrogen-bond acceptors (Lipinski definition) is 5. The maximum Gasteiger partial charge on any atom is 0.320 e. The van der Waals surface area contributed by atoms with Crippen molar-refractivity contribution in [3.8, 4) is 0 Å². The zero-order valence-corrected chi connectivity index (χ0v) is 19.3. The van der Waals surface area contributed by atoms with Crippen molar-refractivity contribution in [1.29, 1.82) is 0 Å². The summed E-state index contributed by atoms with van der Waals surface area (Å²) < 4.78 is 10.9. The summed E-state index contributed by atoms with van der Waals surface area (Å²) in [5.41, 5.74) is 1.99. The smallest absolute Gasteiger partial charge is 0.320 e. The van der Waals surface area contributed by atoms with E-state index in [2.05, 4.69) is 25.7 Å². The number of hydrogen-bond donors (Lipinski definition) is 2. The average molecular weight is 432 g/mol. The zero-order valence-electron chi connectivity index (χ0n) is 19.3. The predicted octanol–water partition coefficient (Wildman–Crippen LogP) is 4.73. The van der Waals surface area contributed by atoms with Crippen LogP contribution >= 0.6 is 0 Å². The molecule has 5 atom stereocenters. The first-order chi connectivity index (χ1) is 14.6. The fraction of sp³-hybridized carbons (Fsp3) is 0.680. The summed E-state index contributed by atoms with van der Waals surface area (Å²) in [5, 5.41) is 12.1. The van der Waals surface area contributed by atoms with Crippen LogP contribution in [0, 0.1) is 22.7 Å². The molecule has 0 spiro atoms. The molecule has 2 N–H and O–H groups in total. The van der Waals surface area contributed by atoms with Crippen molar-refractivity contribution in [2.45, 2.75) is 78.3 Å². The molecule has 0 saturated heterocycles. The molecule has 2 saturated carbocycles. The number of esters is 1. The Morgan fingerprint density at radius 3 is 2.81 bits per heavy atom. The summed E-state index contributed by atoms with van der Waals surface area (Å²) in [6.07, 6.45) is 8.42. The number of carboxylic acid groups (broad SMARTS) is 1. The summed E-state index contributed by atoms with van der Waals surface area (Å²) in [6, 6.07) is 1.35. The summed E-state index contributed by atoms with van der Waals surface area (Å²) in [6.45, 7) is 10.9. The highest BCUT2D eigenvalue weighted by Gasteiger charge is 2.57. The number of carbonyl (C=O) groups is 2. The van der Waals surface area contributed by atoms with Crippen LogP contribution in [0.5, 0.6) is 0 Å². The Morgan fingerprint density at radius 2 is 2.13 bits per heavy atom. The van der Waals surface area contributed by atoms with Gasteiger partial charge in [0, 0.05) is 0 Å². The number of methoxy groups -OCH3 is 1. The molecule has 2 fully saturated rings. The molecule has 6 heteroatoms. The number of furan rings is 1. The highest BCUT2D eigenvalue weighted by atomic mass is 16.5. The normalized spacial score (nSPS) is 31.7. The third-order valence-corrected chi connectivity index (χ3v) is 8.15. The number of rotatable bonds is 8. The summed E-state index contributed by atoms with van der Waals surface area (Å²) in [4.78, 5) is 23.8. The van der Waals surface area contributed by atoms with Gasteiger partial charge < -0.3 is 14.3 Å². The lowest BCUT2D eigenvalue weighted by Crippen LogP contribution is -2.53. The minimum absolute atomic E-state index is 0.0243. The monoisotopic (exact) mass is 431 g/mol. The Hall–Kier alpha value is -2.08. The molecule has 2 aliphatic carbocycles. The van der Waals surface area contributed by atoms with Gasteiger partial charge in [0.2, 0.25) is 0 Å². The number of aryl methyl sites for hydroxylation is 1. The minimum Gasteiger partial charge on any atom is -0.480 e. The molecule has 3 rings (SSSR count). The van der Waals surface area contributed by atoms with Gasteiger partial charge in [-0.25, -0.2) is 0 Å². The van der Waals surface area contributed by atoms with Crippen LogP contribution in [-0.4, -0.2) is 30.2 Å². The molecule has 6 nitrogen and oxygen atoms in total. The number of allylic oxidation sites excluding steroid dienone is 1. The molecule has 31 heavy (non-hydrogen) atoms. The van der Waals surface area contributed by atoms with Crippen molar-refractivity contribution in [3.63, 3.8) is 0 Å². The largest absolute Gasteiger partial charge is 0.480 e. The fourth-order valence-corrected chi connectivity index (χ4v) is 6.34. The maximum atomic E-state index is 12.7. The van der Waals surface area contributed by atoms with Crippen molar-refractivity contribution in [1.82, 2.24) is 5.32 Å². The maximum absolute atomic E-state index is 12.7. The van der Waals surface area contributed by atoms with Crippen molar-refractivity contribution in [2.24, 2.45) is 22.7 Å². The van der Waals surface area contributed by atoms with Gasteiger partial charge in [-0.05, 0) is 81.3 Å². The van der Waals surface area contributed by atoms with Crippen LogP contribution < -0.4 is 5.32 Å². The molecular formula is C25H37NO5. The Morgan fingerprint density at radius 1 is 1.39 bits per heavy atom. The van der Waals surface area contributed by atoms with Gasteiger partial charge in [-0.2, -0.15) is 0 Å². The van der Waals surface area contributed by atoms with E-state index in [1.807, 2.05) is 6.07 Å². The SMILES string of the molecule is C=C1CC[C@H]2[C@](C)(CCC[C@]2(C)C(=O)OC)[C@@H]1CCc1ccoc1CN[C@H](C)C(=O)O. The zero-order chi connectivity index (χ0) is 22.8. The third kappa shape index (κ3) is 4.45. The van der Waals surface area contributed by atoms with E-state index in [4.69, 9.17) is 14.3 Å². The number of carboxylic acids is 1. The minimum atomic E-state index is -0.878. The van der Waals surface area contributed by atoms with Crippen LogP contribution in [0.3, 0.4) is 0 Å². The second-order valence-electron chi connectivity index (χ2n) is 9.92. The molecule has 0 unspecified atom stereocenters. The van der Waals surface area contributed by atoms with Crippen molar-refractivity contribution in [2.75, 3.05) is 7.11 Å². The van der Waals surface area contributed by atoms with Gasteiger partial charge in [0.1, 0.15) is 11.8 Å². The van der Waals surface area contributed by atoms with Gasteiger partial charge in [0.05, 0.1) is 25.3 Å². The molecule has 2 aliphatic rings. The van der Waals surface area contributed by atoms with E-state index < -0.39 is 17.4 Å². The van der Waals surface area contributed by atoms with E-state index >= 15 is 0 Å². The highest BCUT2D eigenvalue weighted by molar-refractivity contribution is 5.77. The van der Waals surface area contributed by atoms with Crippen LogP contribution in [0.25, 0.3) is 0 Å². The Kier molecular flexibility index (Phi) is 6.99. The highest BCUT2D eigenvalue weighted by Crippen LogP contribution is 2.62. The summed E-state index contributed by atoms with van der Waals surface area (Å²) >= 11 is 0. The molecule has 0 radical (unpaired) electrons. The predicted molar refractivity (Wildman–Crippen MR) is 118 cm³/mol. The Bertz CT molecular complexity index is 830. The molecular weight excluding hydrogens is 394 g/mol. The lowest BCUT2D eigenvalue weighted by atomic mass is 9.46. The van der Waals surface area contributed by atoms with Crippen LogP contribution in [0.2, 0.25) is 0 Å². The van der Waals surface area contributed by atoms with Crippen molar-refractivity contribution >= 4 is 11.9 Å². The second-order valence-corrected chi connectivity index (χ2v) is 9.92. The van der Waals surface area contributed by atoms with Crippen LogP contribution in [-0.2, 0) is 27.3 Å². The van der Waals surface area contributed by atoms with Crippen LogP contribution in [0.15, 0.2) is 28.9 Å². The number of ether oxygens (including phenoxy) is 1. The van der Waals surface area contributed by atoms with Gasteiger partial charge in [-0.15, -0.1) is 0 Å². The van der Waals surface area contributed by atoms with E-state index in [0.717, 1.165) is 56.3 Å². The number of fused-ring (bicyclic) bond motifs is 1. The Labute approximate surface area is 185 Å². The van der Waals surface area contributed by atoms with Crippen molar-refractivity contribution in [3.05, 3.63) is 35.8 Å². The first kappa shape index (κ1) is 23.6. The molecule has 0 amide bonds. The van der Waals surface area contributed by atoms with E-state index in [1.165, 1.54) is 12.7 Å². The van der Waals surface area contributed by atoms with Crippen LogP contribution in [0.1, 0.15) is 70.6 Å². The van der Waals surface area contributed by atoms with Crippen LogP contribution in [0.4, 0.5) is 0 Å². The molecule has 0 aliphatic heterocycles. The number of nitrogens with one attached hydrogen (secondary N) is 1. The van der Waals surface area contributed by atoms with E-state index in [1.54, 1.807) is 13.2 Å². The lowest BCUT2D eigenvalue weighted by Gasteiger charge is -2.57. The van der Waals surface area contributed by atoms with Gasteiger partial charge in [0.25, 0.3) is 0 Å². The van der Waals surface area contributed by atoms with Gasteiger partial charge in [0.15, 0.2) is 0 Å². The van der Waals surface area contributed by atoms with Gasteiger partial charge >= 0.3 is 11.9 Å². The first-order valence-corrected chi connectivity index (χ1v) is 11.4. The number of aliphatic carboxylic acids is 1. The average Bonchev–Trinajstić information content (AvgIpc) is 3.17.